The maximum absolute atomic E-state index is 11.6. The van der Waals surface area contributed by atoms with E-state index in [0.717, 1.165) is 64.2 Å². The van der Waals surface area contributed by atoms with Crippen LogP contribution in [0, 0.1) is 17.3 Å². The first-order chi connectivity index (χ1) is 14.6. The van der Waals surface area contributed by atoms with Gasteiger partial charge in [-0.15, -0.1) is 0 Å². The van der Waals surface area contributed by atoms with Crippen molar-refractivity contribution in [2.45, 2.75) is 136 Å². The van der Waals surface area contributed by atoms with Crippen LogP contribution >= 0.6 is 0 Å². The number of ether oxygens (including phenoxy) is 2. The minimum atomic E-state index is -0.319. The topological polar surface area (TPSA) is 76.0 Å². The van der Waals surface area contributed by atoms with Gasteiger partial charge in [-0.2, -0.15) is 0 Å². The van der Waals surface area contributed by atoms with Crippen LogP contribution in [-0.4, -0.2) is 47.7 Å². The zero-order valence-corrected chi connectivity index (χ0v) is 21.1. The molecule has 0 radical (unpaired) electrons. The Morgan fingerprint density at radius 3 is 2.35 bits per heavy atom. The van der Waals surface area contributed by atoms with Crippen molar-refractivity contribution in [1.29, 1.82) is 0 Å². The molecule has 5 heteroatoms. The third kappa shape index (κ3) is 10.2. The summed E-state index contributed by atoms with van der Waals surface area (Å²) in [4.78, 5) is 11.6. The maximum Gasteiger partial charge on any atom is 0.306 e. The van der Waals surface area contributed by atoms with Crippen LogP contribution in [0.1, 0.15) is 112 Å². The van der Waals surface area contributed by atoms with Gasteiger partial charge in [-0.1, -0.05) is 52.9 Å². The molecule has 0 aliphatic heterocycles. The van der Waals surface area contributed by atoms with Crippen LogP contribution in [-0.2, 0) is 14.3 Å². The van der Waals surface area contributed by atoms with E-state index >= 15 is 0 Å². The van der Waals surface area contributed by atoms with Crippen LogP contribution in [0.5, 0.6) is 0 Å². The number of aliphatic hydroxyl groups excluding tert-OH is 2. The summed E-state index contributed by atoms with van der Waals surface area (Å²) in [6.45, 7) is 10.3. The van der Waals surface area contributed by atoms with E-state index in [1.807, 2.05) is 13.8 Å². The van der Waals surface area contributed by atoms with E-state index in [2.05, 4.69) is 20.8 Å². The van der Waals surface area contributed by atoms with Crippen LogP contribution in [0.2, 0.25) is 0 Å². The highest BCUT2D eigenvalue weighted by Crippen LogP contribution is 2.42. The summed E-state index contributed by atoms with van der Waals surface area (Å²) in [7, 11) is 1.74. The third-order valence-corrected chi connectivity index (χ3v) is 7.18. The van der Waals surface area contributed by atoms with E-state index in [9.17, 15) is 15.0 Å². The van der Waals surface area contributed by atoms with Crippen molar-refractivity contribution in [3.8, 4) is 0 Å². The molecule has 0 aromatic heterocycles. The van der Waals surface area contributed by atoms with Crippen LogP contribution in [0.15, 0.2) is 0 Å². The molecule has 0 spiro atoms. The van der Waals surface area contributed by atoms with Gasteiger partial charge in [0.1, 0.15) is 0 Å². The summed E-state index contributed by atoms with van der Waals surface area (Å²) in [5.74, 6) is 0.434. The molecule has 1 saturated carbocycles. The van der Waals surface area contributed by atoms with Crippen LogP contribution in [0.25, 0.3) is 0 Å². The molecule has 0 aromatic rings. The number of methoxy groups -OCH3 is 1. The van der Waals surface area contributed by atoms with Crippen molar-refractivity contribution >= 4 is 5.97 Å². The molecule has 5 nitrogen and oxygen atoms in total. The zero-order valence-electron chi connectivity index (χ0n) is 21.1. The molecular formula is C26H50O5. The molecular weight excluding hydrogens is 392 g/mol. The Kier molecular flexibility index (Phi) is 13.3. The molecule has 1 rings (SSSR count). The van der Waals surface area contributed by atoms with Crippen molar-refractivity contribution < 1.29 is 24.5 Å². The van der Waals surface area contributed by atoms with E-state index in [0.29, 0.717) is 18.8 Å². The van der Waals surface area contributed by atoms with Crippen molar-refractivity contribution in [1.82, 2.24) is 0 Å². The number of hydrogen-bond donors (Lipinski definition) is 2. The zero-order chi connectivity index (χ0) is 23.4. The first-order valence-electron chi connectivity index (χ1n) is 12.7. The van der Waals surface area contributed by atoms with Gasteiger partial charge in [0.25, 0.3) is 0 Å². The Bertz CT molecular complexity index is 490. The highest BCUT2D eigenvalue weighted by Gasteiger charge is 2.42. The van der Waals surface area contributed by atoms with E-state index in [4.69, 9.17) is 9.47 Å². The predicted molar refractivity (Wildman–Crippen MR) is 126 cm³/mol. The molecule has 0 saturated heterocycles. The van der Waals surface area contributed by atoms with Gasteiger partial charge in [-0.3, -0.25) is 4.79 Å². The highest BCUT2D eigenvalue weighted by atomic mass is 16.5. The Morgan fingerprint density at radius 1 is 1.06 bits per heavy atom. The average molecular weight is 443 g/mol. The Morgan fingerprint density at radius 2 is 1.74 bits per heavy atom. The minimum absolute atomic E-state index is 0.0437. The molecule has 1 aliphatic carbocycles. The van der Waals surface area contributed by atoms with Crippen LogP contribution in [0.4, 0.5) is 0 Å². The quantitative estimate of drug-likeness (QED) is 0.239. The number of aliphatic hydroxyl groups is 2. The first-order valence-corrected chi connectivity index (χ1v) is 12.7. The number of unbranched alkanes of at least 4 members (excludes halogenated alkanes) is 4. The fourth-order valence-electron chi connectivity index (χ4n) is 5.09. The maximum atomic E-state index is 11.6. The van der Waals surface area contributed by atoms with Crippen molar-refractivity contribution in [2.24, 2.45) is 17.3 Å². The summed E-state index contributed by atoms with van der Waals surface area (Å²) < 4.78 is 10.9. The Hall–Kier alpha value is -0.650. The second-order valence-corrected chi connectivity index (χ2v) is 10.6. The fourth-order valence-corrected chi connectivity index (χ4v) is 5.09. The summed E-state index contributed by atoms with van der Waals surface area (Å²) in [5, 5.41) is 21.5. The van der Waals surface area contributed by atoms with E-state index in [1.165, 1.54) is 0 Å². The van der Waals surface area contributed by atoms with Gasteiger partial charge in [0.15, 0.2) is 0 Å². The van der Waals surface area contributed by atoms with E-state index in [-0.39, 0.29) is 41.7 Å². The Balaban J connectivity index is 2.44. The second kappa shape index (κ2) is 14.5. The molecule has 0 heterocycles. The van der Waals surface area contributed by atoms with E-state index < -0.39 is 0 Å². The normalized spacial score (nSPS) is 25.2. The van der Waals surface area contributed by atoms with Crippen LogP contribution in [0.3, 0.4) is 0 Å². The van der Waals surface area contributed by atoms with Gasteiger partial charge in [0, 0.05) is 20.0 Å². The summed E-state index contributed by atoms with van der Waals surface area (Å²) >= 11 is 0. The Labute approximate surface area is 191 Å². The standard InChI is InChI=1S/C26H50O5/c1-7-8-17-26(4,5)24(28)16-15-21-20(22(27)18-23(21)30-6)13-11-9-10-12-14-25(29)31-19(2)3/h19-24,27-28H,7-18H2,1-6H3/t20-,21-,22+,23-,24?/m1/s1. The molecule has 184 valence electrons. The predicted octanol–water partition coefficient (Wildman–Crippen LogP) is 5.65. The van der Waals surface area contributed by atoms with Crippen LogP contribution < -0.4 is 0 Å². The molecule has 0 aromatic carbocycles. The molecule has 2 N–H and O–H groups in total. The van der Waals surface area contributed by atoms with Crippen molar-refractivity contribution in [3.05, 3.63) is 0 Å². The summed E-state index contributed by atoms with van der Waals surface area (Å²) in [6, 6.07) is 0. The largest absolute Gasteiger partial charge is 0.463 e. The van der Waals surface area contributed by atoms with Gasteiger partial charge in [0.05, 0.1) is 24.4 Å². The molecule has 0 amide bonds. The summed E-state index contributed by atoms with van der Waals surface area (Å²) in [6.07, 6.45) is 10.6. The number of carbonyl (C=O) groups excluding carboxylic acids is 1. The first kappa shape index (κ1) is 28.4. The lowest BCUT2D eigenvalue weighted by Crippen LogP contribution is -2.31. The molecule has 0 bridgehead atoms. The molecule has 31 heavy (non-hydrogen) atoms. The highest BCUT2D eigenvalue weighted by molar-refractivity contribution is 5.69. The lowest BCUT2D eigenvalue weighted by atomic mass is 9.77. The number of carbonyl (C=O) groups is 1. The number of esters is 1. The molecule has 1 aliphatic rings. The van der Waals surface area contributed by atoms with Gasteiger partial charge in [-0.25, -0.2) is 0 Å². The average Bonchev–Trinajstić information content (AvgIpc) is 3.01. The SMILES string of the molecule is CCCCC(C)(C)C(O)CC[C@@H]1[C@@H](CCCCCCC(=O)OC(C)C)[C@@H](O)C[C@H]1OC. The lowest BCUT2D eigenvalue weighted by Gasteiger charge is -2.33. The number of rotatable bonds is 16. The fraction of sp³-hybridized carbons (Fsp3) is 0.962. The monoisotopic (exact) mass is 442 g/mol. The molecule has 5 atom stereocenters. The molecule has 1 fully saturated rings. The van der Waals surface area contributed by atoms with E-state index in [1.54, 1.807) is 7.11 Å². The third-order valence-electron chi connectivity index (χ3n) is 7.18. The van der Waals surface area contributed by atoms with Gasteiger partial charge < -0.3 is 19.7 Å². The minimum Gasteiger partial charge on any atom is -0.463 e. The van der Waals surface area contributed by atoms with Crippen molar-refractivity contribution in [3.63, 3.8) is 0 Å². The summed E-state index contributed by atoms with van der Waals surface area (Å²) in [5.41, 5.74) is -0.0674. The number of hydrogen-bond acceptors (Lipinski definition) is 5. The van der Waals surface area contributed by atoms with Crippen molar-refractivity contribution in [2.75, 3.05) is 7.11 Å². The van der Waals surface area contributed by atoms with Gasteiger partial charge >= 0.3 is 5.97 Å². The smallest absolute Gasteiger partial charge is 0.306 e. The second-order valence-electron chi connectivity index (χ2n) is 10.6. The van der Waals surface area contributed by atoms with Gasteiger partial charge in [0.2, 0.25) is 0 Å². The molecule has 1 unspecified atom stereocenters. The lowest BCUT2D eigenvalue weighted by molar-refractivity contribution is -0.147. The van der Waals surface area contributed by atoms with Gasteiger partial charge in [-0.05, 0) is 63.2 Å².